The summed E-state index contributed by atoms with van der Waals surface area (Å²) in [5.41, 5.74) is 5.49. The lowest BCUT2D eigenvalue weighted by atomic mass is 10.1. The van der Waals surface area contributed by atoms with E-state index in [9.17, 15) is 0 Å². The van der Waals surface area contributed by atoms with Crippen molar-refractivity contribution in [2.45, 2.75) is 31.4 Å². The Morgan fingerprint density at radius 3 is 2.81 bits per heavy atom. The van der Waals surface area contributed by atoms with Crippen LogP contribution in [-0.4, -0.2) is 29.0 Å². The fourth-order valence-electron chi connectivity index (χ4n) is 2.26. The van der Waals surface area contributed by atoms with Gasteiger partial charge < -0.3 is 15.8 Å². The van der Waals surface area contributed by atoms with Crippen molar-refractivity contribution >= 4 is 11.6 Å². The van der Waals surface area contributed by atoms with Gasteiger partial charge in [0.1, 0.15) is 11.6 Å². The van der Waals surface area contributed by atoms with Crippen molar-refractivity contribution in [1.82, 2.24) is 10.2 Å². The molecule has 1 saturated heterocycles. The predicted molar refractivity (Wildman–Crippen MR) is 60.9 cm³/mol. The average Bonchev–Trinajstić information content (AvgIpc) is 3.03. The zero-order valence-corrected chi connectivity index (χ0v) is 9.10. The quantitative estimate of drug-likeness (QED) is 0.796. The lowest BCUT2D eigenvalue weighted by molar-refractivity contribution is 0.0898. The van der Waals surface area contributed by atoms with Gasteiger partial charge in [-0.05, 0) is 37.3 Å². The van der Waals surface area contributed by atoms with Gasteiger partial charge in [-0.1, -0.05) is 0 Å². The summed E-state index contributed by atoms with van der Waals surface area (Å²) in [6.07, 6.45) is 4.01. The van der Waals surface area contributed by atoms with E-state index in [1.54, 1.807) is 6.07 Å². The third kappa shape index (κ3) is 1.95. The Kier molecular flexibility index (Phi) is 2.40. The van der Waals surface area contributed by atoms with Crippen molar-refractivity contribution in [2.75, 3.05) is 17.7 Å². The highest BCUT2D eigenvalue weighted by molar-refractivity contribution is 5.39. The van der Waals surface area contributed by atoms with Gasteiger partial charge >= 0.3 is 0 Å². The summed E-state index contributed by atoms with van der Waals surface area (Å²) < 4.78 is 5.75. The van der Waals surface area contributed by atoms with Crippen LogP contribution in [0.3, 0.4) is 0 Å². The molecule has 0 amide bonds. The molecule has 3 N–H and O–H groups in total. The van der Waals surface area contributed by atoms with Crippen LogP contribution in [0.15, 0.2) is 12.1 Å². The second kappa shape index (κ2) is 3.90. The van der Waals surface area contributed by atoms with E-state index in [2.05, 4.69) is 15.5 Å². The first-order valence-corrected chi connectivity index (χ1v) is 5.80. The molecule has 16 heavy (non-hydrogen) atoms. The van der Waals surface area contributed by atoms with Crippen molar-refractivity contribution in [3.63, 3.8) is 0 Å². The first kappa shape index (κ1) is 9.84. The highest BCUT2D eigenvalue weighted by Crippen LogP contribution is 2.39. The second-order valence-electron chi connectivity index (χ2n) is 4.56. The molecule has 2 aliphatic rings. The number of nitrogen functional groups attached to an aromatic ring is 1. The summed E-state index contributed by atoms with van der Waals surface area (Å²) in [6.45, 7) is 0.848. The summed E-state index contributed by atoms with van der Waals surface area (Å²) in [5, 5.41) is 11.2. The summed E-state index contributed by atoms with van der Waals surface area (Å²) in [4.78, 5) is 0. The molecule has 5 heteroatoms. The van der Waals surface area contributed by atoms with Gasteiger partial charge in [0.2, 0.25) is 0 Å². The monoisotopic (exact) mass is 220 g/mol. The Hall–Kier alpha value is -1.36. The number of nitrogens with zero attached hydrogens (tertiary/aromatic N) is 2. The van der Waals surface area contributed by atoms with Crippen molar-refractivity contribution < 1.29 is 4.74 Å². The molecule has 0 spiro atoms. The van der Waals surface area contributed by atoms with Crippen molar-refractivity contribution in [3.05, 3.63) is 12.1 Å². The molecule has 2 fully saturated rings. The fraction of sp³-hybridized carbons (Fsp3) is 0.636. The van der Waals surface area contributed by atoms with Gasteiger partial charge in [0.15, 0.2) is 0 Å². The normalized spacial score (nSPS) is 29.2. The summed E-state index contributed by atoms with van der Waals surface area (Å²) in [7, 11) is 0. The van der Waals surface area contributed by atoms with Crippen LogP contribution in [0.5, 0.6) is 0 Å². The molecular formula is C11H16N4O. The van der Waals surface area contributed by atoms with Gasteiger partial charge in [0.05, 0.1) is 12.1 Å². The molecule has 3 rings (SSSR count). The van der Waals surface area contributed by atoms with E-state index in [1.165, 1.54) is 12.8 Å². The highest BCUT2D eigenvalue weighted by atomic mass is 16.5. The van der Waals surface area contributed by atoms with Crippen molar-refractivity contribution in [1.29, 1.82) is 0 Å². The molecule has 1 aromatic rings. The lowest BCUT2D eigenvalue weighted by Gasteiger charge is -2.19. The molecule has 0 bridgehead atoms. The van der Waals surface area contributed by atoms with Crippen LogP contribution in [0.4, 0.5) is 11.6 Å². The topological polar surface area (TPSA) is 73.1 Å². The largest absolute Gasteiger partial charge is 0.382 e. The molecule has 0 radical (unpaired) electrons. The van der Waals surface area contributed by atoms with Crippen molar-refractivity contribution in [2.24, 2.45) is 5.92 Å². The minimum Gasteiger partial charge on any atom is -0.382 e. The summed E-state index contributed by atoms with van der Waals surface area (Å²) in [5.74, 6) is 1.99. The maximum absolute atomic E-state index is 5.75. The van der Waals surface area contributed by atoms with Crippen LogP contribution in [-0.2, 0) is 4.74 Å². The zero-order valence-electron chi connectivity index (χ0n) is 9.10. The van der Waals surface area contributed by atoms with E-state index in [-0.39, 0.29) is 0 Å². The fourth-order valence-corrected chi connectivity index (χ4v) is 2.26. The van der Waals surface area contributed by atoms with Crippen LogP contribution >= 0.6 is 0 Å². The highest BCUT2D eigenvalue weighted by Gasteiger charge is 2.40. The SMILES string of the molecule is Nc1ccc(NC2CCOC2C2CC2)nn1. The Balaban J connectivity index is 1.66. The minimum atomic E-state index is 0.361. The molecule has 1 aliphatic heterocycles. The second-order valence-corrected chi connectivity index (χ2v) is 4.56. The molecule has 5 nitrogen and oxygen atoms in total. The van der Waals surface area contributed by atoms with Crippen molar-refractivity contribution in [3.8, 4) is 0 Å². The van der Waals surface area contributed by atoms with Gasteiger partial charge in [-0.15, -0.1) is 10.2 Å². The van der Waals surface area contributed by atoms with Crippen LogP contribution in [0.1, 0.15) is 19.3 Å². The van der Waals surface area contributed by atoms with Gasteiger partial charge in [0.25, 0.3) is 0 Å². The molecule has 0 aromatic carbocycles. The first-order chi connectivity index (χ1) is 7.83. The maximum Gasteiger partial charge on any atom is 0.149 e. The summed E-state index contributed by atoms with van der Waals surface area (Å²) >= 11 is 0. The number of anilines is 2. The zero-order chi connectivity index (χ0) is 11.0. The van der Waals surface area contributed by atoms with Gasteiger partial charge in [-0.3, -0.25) is 0 Å². The number of nitrogens with one attached hydrogen (secondary N) is 1. The standard InChI is InChI=1S/C11H16N4O/c12-9-3-4-10(15-14-9)13-8-5-6-16-11(8)7-1-2-7/h3-4,7-8,11H,1-2,5-6H2,(H2,12,14)(H,13,15). The molecule has 1 aromatic heterocycles. The Bertz CT molecular complexity index is 363. The Morgan fingerprint density at radius 1 is 1.25 bits per heavy atom. The van der Waals surface area contributed by atoms with E-state index in [0.717, 1.165) is 24.8 Å². The minimum absolute atomic E-state index is 0.361. The molecule has 86 valence electrons. The van der Waals surface area contributed by atoms with Gasteiger partial charge in [-0.25, -0.2) is 0 Å². The predicted octanol–water partition coefficient (Wildman–Crippen LogP) is 1.04. The first-order valence-electron chi connectivity index (χ1n) is 5.80. The number of aromatic nitrogens is 2. The Labute approximate surface area is 94.4 Å². The average molecular weight is 220 g/mol. The van der Waals surface area contributed by atoms with Gasteiger partial charge in [-0.2, -0.15) is 0 Å². The number of hydrogen-bond acceptors (Lipinski definition) is 5. The third-order valence-electron chi connectivity index (χ3n) is 3.24. The number of ether oxygens (including phenoxy) is 1. The molecule has 2 heterocycles. The van der Waals surface area contributed by atoms with Crippen LogP contribution < -0.4 is 11.1 Å². The smallest absolute Gasteiger partial charge is 0.149 e. The molecule has 2 atom stereocenters. The lowest BCUT2D eigenvalue weighted by Crippen LogP contribution is -2.31. The number of hydrogen-bond donors (Lipinski definition) is 2. The molecule has 2 unspecified atom stereocenters. The summed E-state index contributed by atoms with van der Waals surface area (Å²) in [6, 6.07) is 4.01. The number of rotatable bonds is 3. The van der Waals surface area contributed by atoms with E-state index >= 15 is 0 Å². The van der Waals surface area contributed by atoms with E-state index < -0.39 is 0 Å². The van der Waals surface area contributed by atoms with Crippen LogP contribution in [0, 0.1) is 5.92 Å². The van der Waals surface area contributed by atoms with E-state index in [4.69, 9.17) is 10.5 Å². The van der Waals surface area contributed by atoms with Crippen LogP contribution in [0.2, 0.25) is 0 Å². The maximum atomic E-state index is 5.75. The van der Waals surface area contributed by atoms with E-state index in [0.29, 0.717) is 18.0 Å². The number of nitrogens with two attached hydrogens (primary N) is 1. The van der Waals surface area contributed by atoms with E-state index in [1.807, 2.05) is 6.07 Å². The molecule has 1 aliphatic carbocycles. The van der Waals surface area contributed by atoms with Crippen LogP contribution in [0.25, 0.3) is 0 Å². The molecular weight excluding hydrogens is 204 g/mol. The third-order valence-corrected chi connectivity index (χ3v) is 3.24. The Morgan fingerprint density at radius 2 is 2.12 bits per heavy atom. The molecule has 1 saturated carbocycles. The van der Waals surface area contributed by atoms with Gasteiger partial charge in [0, 0.05) is 6.61 Å².